The van der Waals surface area contributed by atoms with Gasteiger partial charge in [-0.1, -0.05) is 0 Å². The zero-order chi connectivity index (χ0) is 15.5. The normalized spacial score (nSPS) is 21.2. The van der Waals surface area contributed by atoms with Crippen LogP contribution in [0.3, 0.4) is 0 Å². The van der Waals surface area contributed by atoms with Crippen molar-refractivity contribution in [3.05, 3.63) is 18.3 Å². The van der Waals surface area contributed by atoms with Crippen LogP contribution >= 0.6 is 0 Å². The summed E-state index contributed by atoms with van der Waals surface area (Å²) in [6, 6.07) is 3.47. The van der Waals surface area contributed by atoms with Gasteiger partial charge in [0.15, 0.2) is 0 Å². The fraction of sp³-hybridized carbons (Fsp3) is 0.562. The summed E-state index contributed by atoms with van der Waals surface area (Å²) in [7, 11) is 0. The Morgan fingerprint density at radius 2 is 1.95 bits per heavy atom. The lowest BCUT2D eigenvalue weighted by Gasteiger charge is -2.22. The summed E-state index contributed by atoms with van der Waals surface area (Å²) < 4.78 is 0. The summed E-state index contributed by atoms with van der Waals surface area (Å²) in [6.45, 7) is 4.28. The topological polar surface area (TPSA) is 65.5 Å². The number of amides is 2. The molecule has 0 radical (unpaired) electrons. The van der Waals surface area contributed by atoms with E-state index in [0.29, 0.717) is 12.2 Å². The van der Waals surface area contributed by atoms with E-state index in [2.05, 4.69) is 15.2 Å². The summed E-state index contributed by atoms with van der Waals surface area (Å²) in [4.78, 5) is 32.2. The number of likely N-dealkylation sites (tertiary alicyclic amines) is 1. The highest BCUT2D eigenvalue weighted by Gasteiger charge is 2.32. The molecule has 1 aromatic rings. The first-order valence-electron chi connectivity index (χ1n) is 7.94. The third kappa shape index (κ3) is 3.05. The van der Waals surface area contributed by atoms with Gasteiger partial charge in [0.05, 0.1) is 11.9 Å². The first kappa shape index (κ1) is 14.8. The largest absolute Gasteiger partial charge is 0.357 e. The second-order valence-electron chi connectivity index (χ2n) is 5.96. The average molecular weight is 302 g/mol. The highest BCUT2D eigenvalue weighted by Crippen LogP contribution is 2.21. The molecule has 0 spiro atoms. The van der Waals surface area contributed by atoms with Crippen molar-refractivity contribution in [2.45, 2.75) is 38.6 Å². The van der Waals surface area contributed by atoms with Crippen LogP contribution in [0.2, 0.25) is 0 Å². The lowest BCUT2D eigenvalue weighted by molar-refractivity contribution is -0.134. The molecule has 2 saturated heterocycles. The lowest BCUT2D eigenvalue weighted by Crippen LogP contribution is -2.42. The van der Waals surface area contributed by atoms with Gasteiger partial charge in [-0.3, -0.25) is 9.59 Å². The number of nitrogens with zero attached hydrogens (tertiary/aromatic N) is 3. The predicted molar refractivity (Wildman–Crippen MR) is 84.7 cm³/mol. The number of carbonyl (C=O) groups excluding carboxylic acids is 2. The van der Waals surface area contributed by atoms with Crippen molar-refractivity contribution < 1.29 is 9.59 Å². The quantitative estimate of drug-likeness (QED) is 0.921. The molecule has 6 heteroatoms. The van der Waals surface area contributed by atoms with Gasteiger partial charge in [-0.25, -0.2) is 4.98 Å². The first-order valence-corrected chi connectivity index (χ1v) is 7.94. The van der Waals surface area contributed by atoms with Crippen LogP contribution in [0.1, 0.15) is 32.6 Å². The summed E-state index contributed by atoms with van der Waals surface area (Å²) in [5.41, 5.74) is 0.684. The van der Waals surface area contributed by atoms with E-state index in [9.17, 15) is 9.59 Å². The zero-order valence-electron chi connectivity index (χ0n) is 12.9. The van der Waals surface area contributed by atoms with Crippen molar-refractivity contribution in [3.8, 4) is 0 Å². The molecule has 3 rings (SSSR count). The van der Waals surface area contributed by atoms with Gasteiger partial charge in [-0.05, 0) is 37.8 Å². The van der Waals surface area contributed by atoms with Gasteiger partial charge < -0.3 is 15.1 Å². The molecule has 2 aliphatic heterocycles. The summed E-state index contributed by atoms with van der Waals surface area (Å²) in [6.07, 6.45) is 5.72. The maximum Gasteiger partial charge on any atom is 0.247 e. The van der Waals surface area contributed by atoms with Crippen LogP contribution in [0.15, 0.2) is 18.3 Å². The van der Waals surface area contributed by atoms with E-state index in [1.54, 1.807) is 11.1 Å². The van der Waals surface area contributed by atoms with Gasteiger partial charge in [0.1, 0.15) is 11.9 Å². The molecular weight excluding hydrogens is 280 g/mol. The maximum atomic E-state index is 12.3. The fourth-order valence-corrected chi connectivity index (χ4v) is 3.24. The molecule has 1 aromatic heterocycles. The molecule has 0 bridgehead atoms. The average Bonchev–Trinajstić information content (AvgIpc) is 3.19. The van der Waals surface area contributed by atoms with Crippen molar-refractivity contribution in [1.29, 1.82) is 0 Å². The predicted octanol–water partition coefficient (Wildman–Crippen LogP) is 1.63. The third-order valence-corrected chi connectivity index (χ3v) is 4.41. The van der Waals surface area contributed by atoms with E-state index in [4.69, 9.17) is 0 Å². The van der Waals surface area contributed by atoms with Crippen LogP contribution in [0, 0.1) is 0 Å². The Kier molecular flexibility index (Phi) is 4.27. The van der Waals surface area contributed by atoms with Gasteiger partial charge in [0.25, 0.3) is 0 Å². The van der Waals surface area contributed by atoms with E-state index in [-0.39, 0.29) is 17.9 Å². The number of nitrogens with one attached hydrogen (secondary N) is 1. The van der Waals surface area contributed by atoms with E-state index in [0.717, 1.165) is 31.7 Å². The second-order valence-corrected chi connectivity index (χ2v) is 5.96. The SMILES string of the molecule is CC(=O)N1CCCC1C(=O)Nc1ccc(N2CCCC2)nc1. The molecule has 118 valence electrons. The smallest absolute Gasteiger partial charge is 0.247 e. The molecule has 22 heavy (non-hydrogen) atoms. The molecule has 0 saturated carbocycles. The molecule has 2 fully saturated rings. The number of rotatable bonds is 3. The Labute approximate surface area is 130 Å². The molecule has 6 nitrogen and oxygen atoms in total. The highest BCUT2D eigenvalue weighted by atomic mass is 16.2. The number of hydrogen-bond acceptors (Lipinski definition) is 4. The summed E-state index contributed by atoms with van der Waals surface area (Å²) in [5, 5.41) is 2.87. The molecule has 1 N–H and O–H groups in total. The van der Waals surface area contributed by atoms with Crippen molar-refractivity contribution in [2.24, 2.45) is 0 Å². The minimum atomic E-state index is -0.351. The standard InChI is InChI=1S/C16H22N4O2/c1-12(21)20-10-4-5-14(20)16(22)18-13-6-7-15(17-11-13)19-8-2-3-9-19/h6-7,11,14H,2-5,8-10H2,1H3,(H,18,22). The van der Waals surface area contributed by atoms with E-state index < -0.39 is 0 Å². The molecule has 3 heterocycles. The Bertz CT molecular complexity index is 552. The Morgan fingerprint density at radius 3 is 2.59 bits per heavy atom. The number of carbonyl (C=O) groups is 2. The van der Waals surface area contributed by atoms with Gasteiger partial charge in [-0.2, -0.15) is 0 Å². The van der Waals surface area contributed by atoms with Gasteiger partial charge >= 0.3 is 0 Å². The van der Waals surface area contributed by atoms with Crippen LogP contribution in [0.4, 0.5) is 11.5 Å². The van der Waals surface area contributed by atoms with Gasteiger partial charge in [-0.15, -0.1) is 0 Å². The van der Waals surface area contributed by atoms with Crippen LogP contribution in [-0.2, 0) is 9.59 Å². The molecule has 1 atom stereocenters. The molecule has 0 aromatic carbocycles. The fourth-order valence-electron chi connectivity index (χ4n) is 3.24. The summed E-state index contributed by atoms with van der Waals surface area (Å²) in [5.74, 6) is 0.797. The number of anilines is 2. The van der Waals surface area contributed by atoms with Gasteiger partial charge in [0, 0.05) is 26.6 Å². The monoisotopic (exact) mass is 302 g/mol. The third-order valence-electron chi connectivity index (χ3n) is 4.41. The van der Waals surface area contributed by atoms with Crippen LogP contribution in [0.5, 0.6) is 0 Å². The van der Waals surface area contributed by atoms with Crippen LogP contribution in [0.25, 0.3) is 0 Å². The molecular formula is C16H22N4O2. The minimum Gasteiger partial charge on any atom is -0.357 e. The second kappa shape index (κ2) is 6.34. The Morgan fingerprint density at radius 1 is 1.18 bits per heavy atom. The minimum absolute atomic E-state index is 0.0415. The Hall–Kier alpha value is -2.11. The van der Waals surface area contributed by atoms with Crippen molar-refractivity contribution in [3.63, 3.8) is 0 Å². The van der Waals surface area contributed by atoms with E-state index in [1.807, 2.05) is 12.1 Å². The summed E-state index contributed by atoms with van der Waals surface area (Å²) >= 11 is 0. The molecule has 2 aliphatic rings. The number of hydrogen-bond donors (Lipinski definition) is 1. The van der Waals surface area contributed by atoms with Crippen molar-refractivity contribution in [1.82, 2.24) is 9.88 Å². The zero-order valence-corrected chi connectivity index (χ0v) is 12.9. The maximum absolute atomic E-state index is 12.3. The first-order chi connectivity index (χ1) is 10.6. The highest BCUT2D eigenvalue weighted by molar-refractivity contribution is 5.97. The van der Waals surface area contributed by atoms with Crippen molar-refractivity contribution >= 4 is 23.3 Å². The molecule has 0 aliphatic carbocycles. The van der Waals surface area contributed by atoms with Crippen LogP contribution < -0.4 is 10.2 Å². The Balaban J connectivity index is 1.62. The number of aromatic nitrogens is 1. The molecule has 1 unspecified atom stereocenters. The lowest BCUT2D eigenvalue weighted by atomic mass is 10.2. The molecule has 2 amide bonds. The van der Waals surface area contributed by atoms with Crippen LogP contribution in [-0.4, -0.2) is 47.4 Å². The van der Waals surface area contributed by atoms with Crippen molar-refractivity contribution in [2.75, 3.05) is 29.9 Å². The number of pyridine rings is 1. The van der Waals surface area contributed by atoms with E-state index in [1.165, 1.54) is 19.8 Å². The van der Waals surface area contributed by atoms with Gasteiger partial charge in [0.2, 0.25) is 11.8 Å². The van der Waals surface area contributed by atoms with E-state index >= 15 is 0 Å².